The van der Waals surface area contributed by atoms with Gasteiger partial charge in [-0.15, -0.1) is 11.3 Å². The van der Waals surface area contributed by atoms with E-state index in [1.165, 1.54) is 16.9 Å². The van der Waals surface area contributed by atoms with Gasteiger partial charge in [-0.1, -0.05) is 31.2 Å². The lowest BCUT2D eigenvalue weighted by Gasteiger charge is -2.22. The number of thiophene rings is 1. The average molecular weight is 275 g/mol. The summed E-state index contributed by atoms with van der Waals surface area (Å²) in [6, 6.07) is 12.6. The first-order valence-electron chi connectivity index (χ1n) is 6.70. The third kappa shape index (κ3) is 4.08. The highest BCUT2D eigenvalue weighted by atomic mass is 32.1. The Kier molecular flexibility index (Phi) is 5.43. The lowest BCUT2D eigenvalue weighted by Crippen LogP contribution is -2.23. The van der Waals surface area contributed by atoms with Gasteiger partial charge in [0.25, 0.3) is 0 Å². The minimum Gasteiger partial charge on any atom is -0.496 e. The van der Waals surface area contributed by atoms with Crippen LogP contribution >= 0.6 is 11.3 Å². The largest absolute Gasteiger partial charge is 0.496 e. The van der Waals surface area contributed by atoms with E-state index in [9.17, 15) is 0 Å². The summed E-state index contributed by atoms with van der Waals surface area (Å²) in [5.41, 5.74) is 1.26. The summed E-state index contributed by atoms with van der Waals surface area (Å²) in [7, 11) is 1.74. The summed E-state index contributed by atoms with van der Waals surface area (Å²) in [6.45, 7) is 5.29. The Morgan fingerprint density at radius 2 is 1.95 bits per heavy atom. The molecule has 0 atom stereocenters. The molecule has 2 rings (SSSR count). The van der Waals surface area contributed by atoms with Gasteiger partial charge >= 0.3 is 0 Å². The quantitative estimate of drug-likeness (QED) is 0.752. The molecular formula is C16H21NOS. The van der Waals surface area contributed by atoms with E-state index in [0.29, 0.717) is 0 Å². The fourth-order valence-electron chi connectivity index (χ4n) is 2.23. The highest BCUT2D eigenvalue weighted by Crippen LogP contribution is 2.21. The number of rotatable bonds is 7. The average Bonchev–Trinajstić information content (AvgIpc) is 2.92. The van der Waals surface area contributed by atoms with Gasteiger partial charge in [-0.3, -0.25) is 4.90 Å². The normalized spacial score (nSPS) is 10.9. The molecule has 0 aliphatic carbocycles. The zero-order valence-electron chi connectivity index (χ0n) is 11.6. The van der Waals surface area contributed by atoms with Crippen molar-refractivity contribution < 1.29 is 4.74 Å². The second-order valence-corrected chi connectivity index (χ2v) is 5.63. The van der Waals surface area contributed by atoms with Gasteiger partial charge < -0.3 is 4.74 Å². The van der Waals surface area contributed by atoms with Crippen molar-refractivity contribution in [3.8, 4) is 5.75 Å². The Balaban J connectivity index is 2.07. The molecular weight excluding hydrogens is 254 g/mol. The minimum atomic E-state index is 0.940. The summed E-state index contributed by atoms with van der Waals surface area (Å²) in [6.07, 6.45) is 1.17. The molecule has 0 unspecified atom stereocenters. The van der Waals surface area contributed by atoms with E-state index >= 15 is 0 Å². The molecule has 2 nitrogen and oxygen atoms in total. The maximum Gasteiger partial charge on any atom is 0.123 e. The van der Waals surface area contributed by atoms with Crippen LogP contribution in [-0.2, 0) is 13.1 Å². The Labute approximate surface area is 119 Å². The molecule has 1 aromatic carbocycles. The first kappa shape index (κ1) is 14.1. The topological polar surface area (TPSA) is 12.5 Å². The van der Waals surface area contributed by atoms with E-state index in [-0.39, 0.29) is 0 Å². The smallest absolute Gasteiger partial charge is 0.123 e. The van der Waals surface area contributed by atoms with Gasteiger partial charge in [0.2, 0.25) is 0 Å². The molecule has 0 radical (unpaired) electrons. The van der Waals surface area contributed by atoms with Crippen molar-refractivity contribution in [2.24, 2.45) is 0 Å². The van der Waals surface area contributed by atoms with E-state index in [0.717, 1.165) is 25.4 Å². The van der Waals surface area contributed by atoms with Crippen molar-refractivity contribution in [1.82, 2.24) is 4.90 Å². The number of methoxy groups -OCH3 is 1. The van der Waals surface area contributed by atoms with Crippen LogP contribution in [0.2, 0.25) is 0 Å². The predicted octanol–water partition coefficient (Wildman–Crippen LogP) is 4.17. The van der Waals surface area contributed by atoms with Gasteiger partial charge in [-0.05, 0) is 30.5 Å². The fourth-order valence-corrected chi connectivity index (χ4v) is 2.97. The Morgan fingerprint density at radius 3 is 2.63 bits per heavy atom. The SMILES string of the molecule is CCCN(Cc1cccs1)Cc1ccccc1OC. The Bertz CT molecular complexity index is 481. The zero-order chi connectivity index (χ0) is 13.5. The molecule has 0 amide bonds. The highest BCUT2D eigenvalue weighted by molar-refractivity contribution is 7.09. The molecule has 19 heavy (non-hydrogen) atoms. The number of benzene rings is 1. The number of para-hydroxylation sites is 1. The van der Waals surface area contributed by atoms with Crippen LogP contribution in [0.5, 0.6) is 5.75 Å². The minimum absolute atomic E-state index is 0.940. The number of hydrogen-bond acceptors (Lipinski definition) is 3. The van der Waals surface area contributed by atoms with Gasteiger partial charge in [0, 0.05) is 23.5 Å². The van der Waals surface area contributed by atoms with Crippen molar-refractivity contribution in [1.29, 1.82) is 0 Å². The lowest BCUT2D eigenvalue weighted by molar-refractivity contribution is 0.255. The zero-order valence-corrected chi connectivity index (χ0v) is 12.5. The molecule has 0 aliphatic heterocycles. The molecule has 102 valence electrons. The van der Waals surface area contributed by atoms with E-state index in [2.05, 4.69) is 41.5 Å². The molecule has 0 aliphatic rings. The van der Waals surface area contributed by atoms with Crippen LogP contribution < -0.4 is 4.74 Å². The van der Waals surface area contributed by atoms with Crippen molar-refractivity contribution >= 4 is 11.3 Å². The van der Waals surface area contributed by atoms with Crippen LogP contribution in [0.3, 0.4) is 0 Å². The Hall–Kier alpha value is -1.32. The predicted molar refractivity (Wildman–Crippen MR) is 81.7 cm³/mol. The van der Waals surface area contributed by atoms with E-state index in [1.807, 2.05) is 23.5 Å². The van der Waals surface area contributed by atoms with Gasteiger partial charge in [-0.2, -0.15) is 0 Å². The first-order valence-corrected chi connectivity index (χ1v) is 7.58. The molecule has 0 saturated carbocycles. The molecule has 0 fully saturated rings. The summed E-state index contributed by atoms with van der Waals surface area (Å²) >= 11 is 1.82. The van der Waals surface area contributed by atoms with E-state index < -0.39 is 0 Å². The third-order valence-corrected chi connectivity index (χ3v) is 3.95. The van der Waals surface area contributed by atoms with Crippen LogP contribution in [0.15, 0.2) is 41.8 Å². The summed E-state index contributed by atoms with van der Waals surface area (Å²) in [5, 5.41) is 2.14. The monoisotopic (exact) mass is 275 g/mol. The van der Waals surface area contributed by atoms with Crippen LogP contribution in [0.25, 0.3) is 0 Å². The van der Waals surface area contributed by atoms with Crippen molar-refractivity contribution in [3.63, 3.8) is 0 Å². The van der Waals surface area contributed by atoms with Crippen LogP contribution in [0.4, 0.5) is 0 Å². The van der Waals surface area contributed by atoms with E-state index in [4.69, 9.17) is 4.74 Å². The summed E-state index contributed by atoms with van der Waals surface area (Å²) < 4.78 is 5.44. The first-order chi connectivity index (χ1) is 9.33. The van der Waals surface area contributed by atoms with Gasteiger partial charge in [-0.25, -0.2) is 0 Å². The lowest BCUT2D eigenvalue weighted by atomic mass is 10.2. The molecule has 1 aromatic heterocycles. The van der Waals surface area contributed by atoms with Crippen molar-refractivity contribution in [3.05, 3.63) is 52.2 Å². The molecule has 0 spiro atoms. The number of ether oxygens (including phenoxy) is 1. The molecule has 0 bridgehead atoms. The van der Waals surface area contributed by atoms with Gasteiger partial charge in [0.05, 0.1) is 7.11 Å². The number of nitrogens with zero attached hydrogens (tertiary/aromatic N) is 1. The summed E-state index contributed by atoms with van der Waals surface area (Å²) in [5.74, 6) is 0.981. The molecule has 3 heteroatoms. The third-order valence-electron chi connectivity index (χ3n) is 3.09. The fraction of sp³-hybridized carbons (Fsp3) is 0.375. The van der Waals surface area contributed by atoms with E-state index in [1.54, 1.807) is 7.11 Å². The second kappa shape index (κ2) is 7.31. The maximum atomic E-state index is 5.44. The molecule has 0 N–H and O–H groups in total. The van der Waals surface area contributed by atoms with Gasteiger partial charge in [0.15, 0.2) is 0 Å². The van der Waals surface area contributed by atoms with Crippen LogP contribution in [0, 0.1) is 0 Å². The highest BCUT2D eigenvalue weighted by Gasteiger charge is 2.10. The Morgan fingerprint density at radius 1 is 1.11 bits per heavy atom. The van der Waals surface area contributed by atoms with Gasteiger partial charge in [0.1, 0.15) is 5.75 Å². The summed E-state index contributed by atoms with van der Waals surface area (Å²) in [4.78, 5) is 3.90. The maximum absolute atomic E-state index is 5.44. The molecule has 2 aromatic rings. The van der Waals surface area contributed by atoms with Crippen molar-refractivity contribution in [2.75, 3.05) is 13.7 Å². The van der Waals surface area contributed by atoms with Crippen LogP contribution in [-0.4, -0.2) is 18.6 Å². The van der Waals surface area contributed by atoms with Crippen molar-refractivity contribution in [2.45, 2.75) is 26.4 Å². The standard InChI is InChI=1S/C16H21NOS/c1-3-10-17(13-15-8-6-11-19-15)12-14-7-4-5-9-16(14)18-2/h4-9,11H,3,10,12-13H2,1-2H3. The van der Waals surface area contributed by atoms with Crippen LogP contribution in [0.1, 0.15) is 23.8 Å². The second-order valence-electron chi connectivity index (χ2n) is 4.60. The molecule has 1 heterocycles. The molecule has 0 saturated heterocycles. The number of hydrogen-bond donors (Lipinski definition) is 0.